The molecule has 2 N–H and O–H groups in total. The molecular weight excluding hydrogens is 297 g/mol. The molecular formula is C14H27Cl2N3O. The third-order valence-corrected chi connectivity index (χ3v) is 4.39. The molecule has 0 bridgehead atoms. The summed E-state index contributed by atoms with van der Waals surface area (Å²) in [5.41, 5.74) is 0.163. The van der Waals surface area contributed by atoms with Crippen LogP contribution in [0.25, 0.3) is 0 Å². The summed E-state index contributed by atoms with van der Waals surface area (Å²) in [6, 6.07) is -0.132. The lowest BCUT2D eigenvalue weighted by Crippen LogP contribution is -2.55. The molecule has 1 unspecified atom stereocenters. The molecule has 6 heteroatoms. The summed E-state index contributed by atoms with van der Waals surface area (Å²) < 4.78 is 0. The van der Waals surface area contributed by atoms with E-state index in [2.05, 4.69) is 29.6 Å². The molecule has 0 radical (unpaired) electrons. The first-order valence-corrected chi connectivity index (χ1v) is 6.99. The van der Waals surface area contributed by atoms with Gasteiger partial charge in [0.2, 0.25) is 5.91 Å². The Labute approximate surface area is 134 Å². The highest BCUT2D eigenvalue weighted by molar-refractivity contribution is 5.85. The lowest BCUT2D eigenvalue weighted by atomic mass is 9.80. The average Bonchev–Trinajstić information content (AvgIpc) is 2.91. The van der Waals surface area contributed by atoms with E-state index in [0.717, 1.165) is 13.1 Å². The molecule has 1 saturated carbocycles. The predicted molar refractivity (Wildman–Crippen MR) is 87.9 cm³/mol. The molecule has 0 aromatic heterocycles. The van der Waals surface area contributed by atoms with Gasteiger partial charge in [-0.3, -0.25) is 10.1 Å². The van der Waals surface area contributed by atoms with Crippen LogP contribution < -0.4 is 10.6 Å². The Morgan fingerprint density at radius 3 is 2.45 bits per heavy atom. The van der Waals surface area contributed by atoms with E-state index in [1.807, 2.05) is 12.2 Å². The number of carbonyl (C=O) groups excluding carboxylic acids is 1. The second-order valence-electron chi connectivity index (χ2n) is 5.71. The Bertz CT molecular complexity index is 328. The van der Waals surface area contributed by atoms with Crippen molar-refractivity contribution in [3.63, 3.8) is 0 Å². The Morgan fingerprint density at radius 2 is 1.95 bits per heavy atom. The predicted octanol–water partition coefficient (Wildman–Crippen LogP) is 1.74. The van der Waals surface area contributed by atoms with Gasteiger partial charge in [-0.2, -0.15) is 0 Å². The van der Waals surface area contributed by atoms with Gasteiger partial charge in [-0.15, -0.1) is 24.8 Å². The van der Waals surface area contributed by atoms with Crippen molar-refractivity contribution in [1.82, 2.24) is 15.5 Å². The summed E-state index contributed by atoms with van der Waals surface area (Å²) in [4.78, 5) is 14.3. The fourth-order valence-electron chi connectivity index (χ4n) is 3.00. The quantitative estimate of drug-likeness (QED) is 0.774. The first-order chi connectivity index (χ1) is 8.64. The number of amides is 1. The molecule has 1 heterocycles. The van der Waals surface area contributed by atoms with Crippen LogP contribution in [0, 0.1) is 0 Å². The van der Waals surface area contributed by atoms with E-state index in [0.29, 0.717) is 0 Å². The molecule has 20 heavy (non-hydrogen) atoms. The Morgan fingerprint density at radius 1 is 1.30 bits per heavy atom. The van der Waals surface area contributed by atoms with Gasteiger partial charge in [0.05, 0.1) is 0 Å². The SMILES string of the molecule is CN(C)C1(CNC(=O)C2C=CCN2)CCCCC1.Cl.Cl. The number of rotatable bonds is 4. The van der Waals surface area contributed by atoms with Gasteiger partial charge in [0, 0.05) is 18.6 Å². The van der Waals surface area contributed by atoms with E-state index in [1.54, 1.807) is 0 Å². The Hall–Kier alpha value is -0.290. The summed E-state index contributed by atoms with van der Waals surface area (Å²) in [6.07, 6.45) is 10.2. The maximum atomic E-state index is 12.0. The van der Waals surface area contributed by atoms with Crippen LogP contribution in [0.1, 0.15) is 32.1 Å². The fraction of sp³-hybridized carbons (Fsp3) is 0.786. The molecule has 1 aliphatic carbocycles. The van der Waals surface area contributed by atoms with Gasteiger partial charge in [-0.05, 0) is 26.9 Å². The van der Waals surface area contributed by atoms with Gasteiger partial charge in [0.1, 0.15) is 6.04 Å². The van der Waals surface area contributed by atoms with Crippen LogP contribution in [0.15, 0.2) is 12.2 Å². The van der Waals surface area contributed by atoms with Gasteiger partial charge < -0.3 is 10.2 Å². The van der Waals surface area contributed by atoms with Gasteiger partial charge in [-0.25, -0.2) is 0 Å². The van der Waals surface area contributed by atoms with Crippen LogP contribution in [0.4, 0.5) is 0 Å². The van der Waals surface area contributed by atoms with Crippen molar-refractivity contribution in [2.45, 2.75) is 43.7 Å². The van der Waals surface area contributed by atoms with Crippen molar-refractivity contribution < 1.29 is 4.79 Å². The normalized spacial score (nSPS) is 23.9. The molecule has 1 atom stereocenters. The summed E-state index contributed by atoms with van der Waals surface area (Å²) in [5, 5.41) is 6.27. The minimum atomic E-state index is -0.132. The van der Waals surface area contributed by atoms with Crippen molar-refractivity contribution >= 4 is 30.7 Å². The number of halogens is 2. The van der Waals surface area contributed by atoms with Gasteiger partial charge in [0.25, 0.3) is 0 Å². The zero-order valence-corrected chi connectivity index (χ0v) is 14.0. The molecule has 0 saturated heterocycles. The number of nitrogens with one attached hydrogen (secondary N) is 2. The van der Waals surface area contributed by atoms with Crippen LogP contribution in [0.2, 0.25) is 0 Å². The highest BCUT2D eigenvalue weighted by Crippen LogP contribution is 2.31. The van der Waals surface area contributed by atoms with Crippen LogP contribution >= 0.6 is 24.8 Å². The van der Waals surface area contributed by atoms with Crippen molar-refractivity contribution in [1.29, 1.82) is 0 Å². The van der Waals surface area contributed by atoms with Crippen LogP contribution in [0.5, 0.6) is 0 Å². The molecule has 2 aliphatic rings. The molecule has 1 amide bonds. The standard InChI is InChI=1S/C14H25N3O.2ClH/c1-17(2)14(8-4-3-5-9-14)11-16-13(18)12-7-6-10-15-12;;/h6-7,12,15H,3-5,8-11H2,1-2H3,(H,16,18);2*1H. The lowest BCUT2D eigenvalue weighted by molar-refractivity contribution is -0.122. The molecule has 1 aliphatic heterocycles. The third kappa shape index (κ3) is 4.62. The summed E-state index contributed by atoms with van der Waals surface area (Å²) in [6.45, 7) is 1.57. The van der Waals surface area contributed by atoms with Crippen molar-refractivity contribution in [3.05, 3.63) is 12.2 Å². The van der Waals surface area contributed by atoms with Gasteiger partial charge >= 0.3 is 0 Å². The average molecular weight is 324 g/mol. The molecule has 0 aromatic carbocycles. The monoisotopic (exact) mass is 323 g/mol. The number of likely N-dealkylation sites (N-methyl/N-ethyl adjacent to an activating group) is 1. The van der Waals surface area contributed by atoms with Crippen molar-refractivity contribution in [3.8, 4) is 0 Å². The van der Waals surface area contributed by atoms with Gasteiger partial charge in [0.15, 0.2) is 0 Å². The van der Waals surface area contributed by atoms with Crippen LogP contribution in [-0.2, 0) is 4.79 Å². The molecule has 1 fully saturated rings. The van der Waals surface area contributed by atoms with E-state index < -0.39 is 0 Å². The summed E-state index contributed by atoms with van der Waals surface area (Å²) in [7, 11) is 4.26. The van der Waals surface area contributed by atoms with Crippen molar-refractivity contribution in [2.24, 2.45) is 0 Å². The highest BCUT2D eigenvalue weighted by atomic mass is 35.5. The number of hydrogen-bond donors (Lipinski definition) is 2. The fourth-order valence-corrected chi connectivity index (χ4v) is 3.00. The molecule has 0 aromatic rings. The summed E-state index contributed by atoms with van der Waals surface area (Å²) >= 11 is 0. The second-order valence-corrected chi connectivity index (χ2v) is 5.71. The van der Waals surface area contributed by atoms with E-state index in [1.165, 1.54) is 32.1 Å². The molecule has 4 nitrogen and oxygen atoms in total. The van der Waals surface area contributed by atoms with E-state index in [-0.39, 0.29) is 42.3 Å². The number of hydrogen-bond acceptors (Lipinski definition) is 3. The first kappa shape index (κ1) is 19.7. The van der Waals surface area contributed by atoms with Gasteiger partial charge in [-0.1, -0.05) is 31.4 Å². The second kappa shape index (κ2) is 8.88. The smallest absolute Gasteiger partial charge is 0.241 e. The first-order valence-electron chi connectivity index (χ1n) is 6.99. The zero-order chi connectivity index (χ0) is 13.0. The largest absolute Gasteiger partial charge is 0.353 e. The zero-order valence-electron chi connectivity index (χ0n) is 12.4. The number of carbonyl (C=O) groups is 1. The molecule has 118 valence electrons. The third-order valence-electron chi connectivity index (χ3n) is 4.39. The summed E-state index contributed by atoms with van der Waals surface area (Å²) in [5.74, 6) is 0.107. The lowest BCUT2D eigenvalue weighted by Gasteiger charge is -2.43. The van der Waals surface area contributed by atoms with E-state index >= 15 is 0 Å². The van der Waals surface area contributed by atoms with E-state index in [4.69, 9.17) is 0 Å². The minimum Gasteiger partial charge on any atom is -0.353 e. The Balaban J connectivity index is 0.00000180. The number of nitrogens with zero attached hydrogens (tertiary/aromatic N) is 1. The van der Waals surface area contributed by atoms with Crippen molar-refractivity contribution in [2.75, 3.05) is 27.2 Å². The molecule has 2 rings (SSSR count). The maximum absolute atomic E-state index is 12.0. The van der Waals surface area contributed by atoms with E-state index in [9.17, 15) is 4.79 Å². The minimum absolute atomic E-state index is 0. The topological polar surface area (TPSA) is 44.4 Å². The Kier molecular flexibility index (Phi) is 8.75. The van der Waals surface area contributed by atoms with Crippen LogP contribution in [0.3, 0.4) is 0 Å². The van der Waals surface area contributed by atoms with Crippen LogP contribution in [-0.4, -0.2) is 49.6 Å². The molecule has 0 spiro atoms. The highest BCUT2D eigenvalue weighted by Gasteiger charge is 2.34. The maximum Gasteiger partial charge on any atom is 0.241 e.